The number of ether oxygens (including phenoxy) is 1. The van der Waals surface area contributed by atoms with Gasteiger partial charge in [0, 0.05) is 12.6 Å². The van der Waals surface area contributed by atoms with Gasteiger partial charge in [-0.3, -0.25) is 4.79 Å². The lowest BCUT2D eigenvalue weighted by Gasteiger charge is -2.22. The zero-order valence-corrected chi connectivity index (χ0v) is 16.0. The molecule has 0 unspecified atom stereocenters. The van der Waals surface area contributed by atoms with Gasteiger partial charge in [0.1, 0.15) is 11.6 Å². The Morgan fingerprint density at radius 1 is 1.23 bits per heavy atom. The first kappa shape index (κ1) is 20.2. The van der Waals surface area contributed by atoms with Crippen LogP contribution in [0.1, 0.15) is 32.8 Å². The number of carbonyl (C=O) groups is 2. The highest BCUT2D eigenvalue weighted by atomic mass is 32.2. The van der Waals surface area contributed by atoms with Gasteiger partial charge in [-0.1, -0.05) is 17.7 Å². The van der Waals surface area contributed by atoms with Crippen LogP contribution >= 0.6 is 0 Å². The summed E-state index contributed by atoms with van der Waals surface area (Å²) in [6.07, 6.45) is -0.735. The van der Waals surface area contributed by atoms with Crippen LogP contribution in [0.5, 0.6) is 0 Å². The number of aryl methyl sites for hydroxylation is 1. The Labute approximate surface area is 153 Å². The fourth-order valence-electron chi connectivity index (χ4n) is 2.72. The number of nitrogens with one attached hydrogen (secondary N) is 1. The molecule has 2 atom stereocenters. The molecule has 1 aliphatic heterocycles. The monoisotopic (exact) mass is 384 g/mol. The number of nitrogens with zero attached hydrogens (tertiary/aromatic N) is 1. The number of carbonyl (C=O) groups excluding carboxylic acids is 1. The van der Waals surface area contributed by atoms with E-state index in [1.54, 1.807) is 32.9 Å². The average molecular weight is 384 g/mol. The molecule has 26 heavy (non-hydrogen) atoms. The fourth-order valence-corrected chi connectivity index (χ4v) is 4.36. The minimum atomic E-state index is -3.99. The van der Waals surface area contributed by atoms with Crippen LogP contribution in [-0.4, -0.2) is 54.1 Å². The highest BCUT2D eigenvalue weighted by Crippen LogP contribution is 2.27. The van der Waals surface area contributed by atoms with Gasteiger partial charge in [-0.05, 0) is 46.2 Å². The van der Waals surface area contributed by atoms with Crippen LogP contribution in [0.2, 0.25) is 0 Å². The van der Waals surface area contributed by atoms with Crippen molar-refractivity contribution in [2.24, 2.45) is 0 Å². The van der Waals surface area contributed by atoms with Gasteiger partial charge in [0.05, 0.1) is 4.90 Å². The highest BCUT2D eigenvalue weighted by Gasteiger charge is 2.44. The summed E-state index contributed by atoms with van der Waals surface area (Å²) in [6, 6.07) is 4.29. The summed E-state index contributed by atoms with van der Waals surface area (Å²) in [6.45, 7) is 6.81. The summed E-state index contributed by atoms with van der Waals surface area (Å²) >= 11 is 0. The van der Waals surface area contributed by atoms with Gasteiger partial charge in [-0.15, -0.1) is 0 Å². The molecule has 1 fully saturated rings. The summed E-state index contributed by atoms with van der Waals surface area (Å²) in [4.78, 5) is 23.5. The van der Waals surface area contributed by atoms with Gasteiger partial charge < -0.3 is 15.2 Å². The maximum absolute atomic E-state index is 12.8. The number of sulfonamides is 1. The normalized spacial score (nSPS) is 21.4. The average Bonchev–Trinajstić information content (AvgIpc) is 2.90. The zero-order valence-electron chi connectivity index (χ0n) is 15.2. The van der Waals surface area contributed by atoms with E-state index in [4.69, 9.17) is 4.74 Å². The van der Waals surface area contributed by atoms with E-state index in [1.165, 1.54) is 12.1 Å². The second-order valence-electron chi connectivity index (χ2n) is 7.32. The number of carboxylic acid groups (broad SMARTS) is 1. The lowest BCUT2D eigenvalue weighted by atomic mass is 10.2. The number of alkyl carbamates (subject to hydrolysis) is 1. The predicted octanol–water partition coefficient (Wildman–Crippen LogP) is 1.74. The standard InChI is InChI=1S/C17H24N2O6S/c1-11-5-7-13(8-6-11)26(23,24)19-10-12(9-14(19)15(20)21)18-16(22)25-17(2,3)4/h5-8,12,14H,9-10H2,1-4H3,(H,18,22)(H,20,21)/t12-,14-/m0/s1. The second kappa shape index (κ2) is 7.24. The molecule has 2 N–H and O–H groups in total. The van der Waals surface area contributed by atoms with Crippen LogP contribution in [-0.2, 0) is 19.6 Å². The summed E-state index contributed by atoms with van der Waals surface area (Å²) in [7, 11) is -3.99. The molecule has 0 aromatic heterocycles. The van der Waals surface area contributed by atoms with Crippen molar-refractivity contribution < 1.29 is 27.9 Å². The molecular formula is C17H24N2O6S. The minimum Gasteiger partial charge on any atom is -0.480 e. The molecule has 0 radical (unpaired) electrons. The summed E-state index contributed by atoms with van der Waals surface area (Å²) in [5, 5.41) is 12.0. The molecule has 0 spiro atoms. The van der Waals surface area contributed by atoms with E-state index in [9.17, 15) is 23.1 Å². The molecule has 144 valence electrons. The van der Waals surface area contributed by atoms with Crippen LogP contribution in [0, 0.1) is 6.92 Å². The second-order valence-corrected chi connectivity index (χ2v) is 9.21. The lowest BCUT2D eigenvalue weighted by Crippen LogP contribution is -2.42. The van der Waals surface area contributed by atoms with Gasteiger partial charge in [0.2, 0.25) is 10.0 Å². The van der Waals surface area contributed by atoms with Gasteiger partial charge >= 0.3 is 12.1 Å². The van der Waals surface area contributed by atoms with Crippen LogP contribution < -0.4 is 5.32 Å². The van der Waals surface area contributed by atoms with Gasteiger partial charge in [-0.2, -0.15) is 4.31 Å². The number of hydrogen-bond donors (Lipinski definition) is 2. The molecule has 1 heterocycles. The number of aliphatic carboxylic acids is 1. The smallest absolute Gasteiger partial charge is 0.407 e. The van der Waals surface area contributed by atoms with Crippen molar-refractivity contribution in [2.45, 2.75) is 56.7 Å². The first-order chi connectivity index (χ1) is 11.9. The molecule has 0 bridgehead atoms. The molecule has 9 heteroatoms. The molecule has 1 aromatic rings. The van der Waals surface area contributed by atoms with Gasteiger partial charge in [0.25, 0.3) is 0 Å². The molecule has 1 aliphatic rings. The Morgan fingerprint density at radius 3 is 2.31 bits per heavy atom. The summed E-state index contributed by atoms with van der Waals surface area (Å²) < 4.78 is 31.7. The Balaban J connectivity index is 2.20. The first-order valence-corrected chi connectivity index (χ1v) is 9.65. The summed E-state index contributed by atoms with van der Waals surface area (Å²) in [5.41, 5.74) is 0.187. The Kier molecular flexibility index (Phi) is 5.62. The van der Waals surface area contributed by atoms with Crippen molar-refractivity contribution in [1.82, 2.24) is 9.62 Å². The fraction of sp³-hybridized carbons (Fsp3) is 0.529. The largest absolute Gasteiger partial charge is 0.480 e. The molecule has 8 nitrogen and oxygen atoms in total. The lowest BCUT2D eigenvalue weighted by molar-refractivity contribution is -0.140. The van der Waals surface area contributed by atoms with E-state index >= 15 is 0 Å². The minimum absolute atomic E-state index is 0.0206. The molecule has 1 saturated heterocycles. The number of benzene rings is 1. The number of carboxylic acids is 1. The zero-order chi connectivity index (χ0) is 19.7. The summed E-state index contributed by atoms with van der Waals surface area (Å²) in [5.74, 6) is -1.26. The van der Waals surface area contributed by atoms with Crippen LogP contribution in [0.3, 0.4) is 0 Å². The van der Waals surface area contributed by atoms with Crippen molar-refractivity contribution in [3.8, 4) is 0 Å². The van der Waals surface area contributed by atoms with Crippen LogP contribution in [0.15, 0.2) is 29.2 Å². The van der Waals surface area contributed by atoms with Gasteiger partial charge in [-0.25, -0.2) is 13.2 Å². The Hall–Kier alpha value is -2.13. The maximum Gasteiger partial charge on any atom is 0.407 e. The Bertz CT molecular complexity index is 782. The molecule has 1 aromatic carbocycles. The predicted molar refractivity (Wildman–Crippen MR) is 94.3 cm³/mol. The third-order valence-electron chi connectivity index (χ3n) is 3.89. The van der Waals surface area contributed by atoms with E-state index < -0.39 is 39.8 Å². The van der Waals surface area contributed by atoms with Crippen molar-refractivity contribution in [1.29, 1.82) is 0 Å². The Morgan fingerprint density at radius 2 is 1.81 bits per heavy atom. The molecular weight excluding hydrogens is 360 g/mol. The van der Waals surface area contributed by atoms with Crippen molar-refractivity contribution in [3.63, 3.8) is 0 Å². The van der Waals surface area contributed by atoms with E-state index in [0.29, 0.717) is 0 Å². The SMILES string of the molecule is Cc1ccc(S(=O)(=O)N2C[C@@H](NC(=O)OC(C)(C)C)C[C@H]2C(=O)O)cc1. The maximum atomic E-state index is 12.8. The topological polar surface area (TPSA) is 113 Å². The van der Waals surface area contributed by atoms with E-state index in [1.807, 2.05) is 6.92 Å². The van der Waals surface area contributed by atoms with Crippen molar-refractivity contribution in [2.75, 3.05) is 6.54 Å². The first-order valence-electron chi connectivity index (χ1n) is 8.21. The molecule has 0 saturated carbocycles. The van der Waals surface area contributed by atoms with E-state index in [-0.39, 0.29) is 17.9 Å². The highest BCUT2D eigenvalue weighted by molar-refractivity contribution is 7.89. The van der Waals surface area contributed by atoms with E-state index in [0.717, 1.165) is 9.87 Å². The third-order valence-corrected chi connectivity index (χ3v) is 5.78. The number of hydrogen-bond acceptors (Lipinski definition) is 5. The molecule has 1 amide bonds. The molecule has 0 aliphatic carbocycles. The number of amides is 1. The molecule has 2 rings (SSSR count). The van der Waals surface area contributed by atoms with Crippen LogP contribution in [0.25, 0.3) is 0 Å². The van der Waals surface area contributed by atoms with Gasteiger partial charge in [0.15, 0.2) is 0 Å². The van der Waals surface area contributed by atoms with Crippen molar-refractivity contribution >= 4 is 22.1 Å². The van der Waals surface area contributed by atoms with E-state index in [2.05, 4.69) is 5.32 Å². The van der Waals surface area contributed by atoms with Crippen molar-refractivity contribution in [3.05, 3.63) is 29.8 Å². The van der Waals surface area contributed by atoms with Crippen LogP contribution in [0.4, 0.5) is 4.79 Å². The quantitative estimate of drug-likeness (QED) is 0.817. The third kappa shape index (κ3) is 4.73. The number of rotatable bonds is 4.